The lowest BCUT2D eigenvalue weighted by molar-refractivity contribution is -0.138. The van der Waals surface area contributed by atoms with Crippen molar-refractivity contribution in [2.24, 2.45) is 17.8 Å². The Morgan fingerprint density at radius 3 is 2.56 bits per heavy atom. The molecule has 0 unspecified atom stereocenters. The van der Waals surface area contributed by atoms with Crippen molar-refractivity contribution in [3.63, 3.8) is 0 Å². The molecule has 1 aliphatic heterocycles. The number of imide groups is 1. The summed E-state index contributed by atoms with van der Waals surface area (Å²) in [5, 5.41) is 12.8. The monoisotopic (exact) mass is 517 g/mol. The highest BCUT2D eigenvalue weighted by atomic mass is 79.9. The lowest BCUT2D eigenvalue weighted by atomic mass is 9.59. The van der Waals surface area contributed by atoms with E-state index in [1.165, 1.54) is 18.0 Å². The molecule has 6 rings (SSSR count). The molecule has 1 fully saturated rings. The number of amides is 2. The van der Waals surface area contributed by atoms with E-state index in [0.29, 0.717) is 28.5 Å². The average molecular weight is 518 g/mol. The van der Waals surface area contributed by atoms with Gasteiger partial charge in [-0.25, -0.2) is 0 Å². The van der Waals surface area contributed by atoms with Crippen LogP contribution in [0.25, 0.3) is 10.8 Å². The molecule has 0 bridgehead atoms. The number of nitrogens with zero attached hydrogens (tertiary/aromatic N) is 1. The number of allylic oxidation sites excluding steroid dienone is 6. The van der Waals surface area contributed by atoms with E-state index in [9.17, 15) is 24.3 Å². The molecule has 0 spiro atoms. The predicted molar refractivity (Wildman–Crippen MR) is 128 cm³/mol. The second kappa shape index (κ2) is 7.34. The smallest absolute Gasteiger partial charge is 0.233 e. The molecule has 7 heteroatoms. The van der Waals surface area contributed by atoms with E-state index < -0.39 is 23.7 Å². The second-order valence-electron chi connectivity index (χ2n) is 9.35. The fraction of sp³-hybridized carbons (Fsp3) is 0.259. The van der Waals surface area contributed by atoms with Crippen LogP contribution in [0.3, 0.4) is 0 Å². The lowest BCUT2D eigenvalue weighted by Gasteiger charge is -2.42. The number of carbonyl (C=O) groups is 4. The fourth-order valence-corrected chi connectivity index (χ4v) is 6.67. The molecule has 2 aromatic rings. The molecule has 1 N–H and O–H groups in total. The van der Waals surface area contributed by atoms with Crippen molar-refractivity contribution in [3.05, 3.63) is 75.3 Å². The van der Waals surface area contributed by atoms with Gasteiger partial charge in [0.2, 0.25) is 11.8 Å². The maximum atomic E-state index is 13.3. The number of phenols is 1. The Labute approximate surface area is 203 Å². The zero-order valence-electron chi connectivity index (χ0n) is 18.2. The first-order valence-electron chi connectivity index (χ1n) is 11.2. The molecule has 6 nitrogen and oxygen atoms in total. The number of benzene rings is 2. The van der Waals surface area contributed by atoms with Gasteiger partial charge in [-0.05, 0) is 40.1 Å². The molecule has 4 atom stereocenters. The number of rotatable bonds is 1. The van der Waals surface area contributed by atoms with Gasteiger partial charge < -0.3 is 5.11 Å². The van der Waals surface area contributed by atoms with Crippen molar-refractivity contribution in [2.45, 2.75) is 18.8 Å². The molecule has 0 saturated carbocycles. The van der Waals surface area contributed by atoms with Gasteiger partial charge in [-0.3, -0.25) is 24.1 Å². The maximum absolute atomic E-state index is 13.3. The summed E-state index contributed by atoms with van der Waals surface area (Å²) in [6, 6.07) is 11.1. The molecule has 4 aliphatic rings. The number of Topliss-reactive ketones (excluding diaryl/α,β-unsaturated/α-hetero) is 1. The number of aromatic hydroxyl groups is 1. The van der Waals surface area contributed by atoms with E-state index in [1.54, 1.807) is 6.07 Å². The second-order valence-corrected chi connectivity index (χ2v) is 10.2. The minimum Gasteiger partial charge on any atom is -0.507 e. The average Bonchev–Trinajstić information content (AvgIpc) is 3.06. The molecule has 1 heterocycles. The Morgan fingerprint density at radius 2 is 1.76 bits per heavy atom. The molecule has 0 radical (unpaired) electrons. The summed E-state index contributed by atoms with van der Waals surface area (Å²) in [6.07, 6.45) is 3.84. The van der Waals surface area contributed by atoms with Crippen LogP contribution in [0, 0.1) is 17.8 Å². The Balaban J connectivity index is 1.60. The van der Waals surface area contributed by atoms with Crippen LogP contribution in [0.4, 0.5) is 0 Å². The van der Waals surface area contributed by atoms with Gasteiger partial charge in [-0.15, -0.1) is 0 Å². The summed E-state index contributed by atoms with van der Waals surface area (Å²) in [5.74, 6) is -3.08. The van der Waals surface area contributed by atoms with Crippen LogP contribution in [0.15, 0.2) is 69.8 Å². The largest absolute Gasteiger partial charge is 0.507 e. The number of likely N-dealkylation sites (tertiary alicyclic amines) is 1. The first kappa shape index (κ1) is 21.2. The molecule has 1 saturated heterocycles. The fourth-order valence-electron chi connectivity index (χ4n) is 6.22. The van der Waals surface area contributed by atoms with E-state index in [1.807, 2.05) is 36.4 Å². The normalized spacial score (nSPS) is 28.6. The Hall–Kier alpha value is -3.32. The number of hydrogen-bond acceptors (Lipinski definition) is 5. The quantitative estimate of drug-likeness (QED) is 0.351. The molecule has 170 valence electrons. The number of ketones is 2. The number of phenolic OH excluding ortho intramolecular Hbond substituents is 1. The standard InChI is InChI=1S/C27H20BrNO5/c1-29-26(33)16-9-8-14-17(22(16)27(29)34)10-18-23(20(30)11-19(28)25(18)32)21(14)15-7-6-12-4-2-3-5-13(12)24(15)31/h2-8,11,16-17,21-22,31H,9-10H2,1H3/t16-,17+,21+,22-/m0/s1. The topological polar surface area (TPSA) is 91.8 Å². The van der Waals surface area contributed by atoms with Crippen molar-refractivity contribution in [1.82, 2.24) is 4.90 Å². The third kappa shape index (κ3) is 2.73. The van der Waals surface area contributed by atoms with Gasteiger partial charge >= 0.3 is 0 Å². The van der Waals surface area contributed by atoms with Crippen LogP contribution in [0.1, 0.15) is 24.3 Å². The van der Waals surface area contributed by atoms with Crippen LogP contribution in [-0.4, -0.2) is 40.4 Å². The first-order valence-corrected chi connectivity index (χ1v) is 12.0. The van der Waals surface area contributed by atoms with Crippen LogP contribution < -0.4 is 0 Å². The molecule has 34 heavy (non-hydrogen) atoms. The minimum absolute atomic E-state index is 0.0541. The summed E-state index contributed by atoms with van der Waals surface area (Å²) >= 11 is 3.22. The van der Waals surface area contributed by atoms with E-state index in [4.69, 9.17) is 0 Å². The molecule has 2 aromatic carbocycles. The van der Waals surface area contributed by atoms with Crippen molar-refractivity contribution in [3.8, 4) is 5.75 Å². The van der Waals surface area contributed by atoms with Crippen LogP contribution in [-0.2, 0) is 19.2 Å². The van der Waals surface area contributed by atoms with Crippen molar-refractivity contribution in [1.29, 1.82) is 0 Å². The molecule has 2 amide bonds. The van der Waals surface area contributed by atoms with Crippen molar-refractivity contribution >= 4 is 50.1 Å². The number of hydrogen-bond donors (Lipinski definition) is 1. The third-order valence-electron chi connectivity index (χ3n) is 7.79. The van der Waals surface area contributed by atoms with Gasteiger partial charge in [-0.1, -0.05) is 48.0 Å². The van der Waals surface area contributed by atoms with Gasteiger partial charge in [0.15, 0.2) is 11.6 Å². The Bertz CT molecular complexity index is 1450. The SMILES string of the molecule is CN1C(=O)[C@H]2[C@H](CC=C3[C@H](c4ccc5ccccc5c4O)C4=C(C[C@H]32)C(=O)C(Br)=CC4=O)C1=O. The summed E-state index contributed by atoms with van der Waals surface area (Å²) < 4.78 is 0.184. The van der Waals surface area contributed by atoms with Gasteiger partial charge in [0.05, 0.1) is 16.3 Å². The number of fused-ring (bicyclic) bond motifs is 4. The van der Waals surface area contributed by atoms with Gasteiger partial charge in [0.1, 0.15) is 5.75 Å². The van der Waals surface area contributed by atoms with Gasteiger partial charge in [0, 0.05) is 41.1 Å². The Kier molecular flexibility index (Phi) is 4.58. The molecular formula is C27H20BrNO5. The van der Waals surface area contributed by atoms with E-state index >= 15 is 0 Å². The van der Waals surface area contributed by atoms with E-state index in [2.05, 4.69) is 15.9 Å². The third-order valence-corrected chi connectivity index (χ3v) is 8.38. The van der Waals surface area contributed by atoms with Crippen LogP contribution in [0.2, 0.25) is 0 Å². The molecular weight excluding hydrogens is 498 g/mol. The Morgan fingerprint density at radius 1 is 1.00 bits per heavy atom. The molecule has 0 aromatic heterocycles. The highest BCUT2D eigenvalue weighted by molar-refractivity contribution is 9.12. The van der Waals surface area contributed by atoms with Crippen LogP contribution >= 0.6 is 15.9 Å². The van der Waals surface area contributed by atoms with Gasteiger partial charge in [-0.2, -0.15) is 0 Å². The molecule has 3 aliphatic carbocycles. The first-order chi connectivity index (χ1) is 16.3. The van der Waals surface area contributed by atoms with E-state index in [0.717, 1.165) is 11.0 Å². The summed E-state index contributed by atoms with van der Waals surface area (Å²) in [5.41, 5.74) is 2.06. The highest BCUT2D eigenvalue weighted by Crippen LogP contribution is 2.56. The number of halogens is 1. The van der Waals surface area contributed by atoms with Crippen molar-refractivity contribution in [2.75, 3.05) is 7.05 Å². The maximum Gasteiger partial charge on any atom is 0.233 e. The van der Waals surface area contributed by atoms with Crippen LogP contribution in [0.5, 0.6) is 5.75 Å². The summed E-state index contributed by atoms with van der Waals surface area (Å²) in [4.78, 5) is 53.4. The highest BCUT2D eigenvalue weighted by Gasteiger charge is 2.55. The zero-order chi connectivity index (χ0) is 23.9. The predicted octanol–water partition coefficient (Wildman–Crippen LogP) is 3.94. The van der Waals surface area contributed by atoms with E-state index in [-0.39, 0.29) is 40.0 Å². The minimum atomic E-state index is -0.665. The summed E-state index contributed by atoms with van der Waals surface area (Å²) in [7, 11) is 1.50. The van der Waals surface area contributed by atoms with Crippen molar-refractivity contribution < 1.29 is 24.3 Å². The lowest BCUT2D eigenvalue weighted by Crippen LogP contribution is -2.39. The number of carbonyl (C=O) groups excluding carboxylic acids is 4. The summed E-state index contributed by atoms with van der Waals surface area (Å²) in [6.45, 7) is 0. The zero-order valence-corrected chi connectivity index (χ0v) is 19.8. The van der Waals surface area contributed by atoms with Gasteiger partial charge in [0.25, 0.3) is 0 Å².